The van der Waals surface area contributed by atoms with Gasteiger partial charge in [0, 0.05) is 6.20 Å². The van der Waals surface area contributed by atoms with E-state index in [1.807, 2.05) is 0 Å². The van der Waals surface area contributed by atoms with Crippen LogP contribution in [0.1, 0.15) is 22.5 Å². The monoisotopic (exact) mass is 440 g/mol. The normalized spacial score (nSPS) is 11.2. The predicted octanol–water partition coefficient (Wildman–Crippen LogP) is 4.33. The van der Waals surface area contributed by atoms with Crippen LogP contribution in [0, 0.1) is 5.82 Å². The minimum atomic E-state index is -4.70. The van der Waals surface area contributed by atoms with Crippen molar-refractivity contribution in [3.05, 3.63) is 45.4 Å². The molecule has 2 heterocycles. The van der Waals surface area contributed by atoms with E-state index in [0.717, 1.165) is 13.2 Å². The third-order valence-corrected chi connectivity index (χ3v) is 3.86. The molecule has 2 rings (SSSR count). The Morgan fingerprint density at radius 3 is 2.39 bits per heavy atom. The quantitative estimate of drug-likeness (QED) is 0.508. The number of pyridine rings is 2. The van der Waals surface area contributed by atoms with E-state index < -0.39 is 56.6 Å². The Kier molecular flexibility index (Phi) is 6.78. The van der Waals surface area contributed by atoms with Gasteiger partial charge in [0.1, 0.15) is 18.0 Å². The van der Waals surface area contributed by atoms with Crippen molar-refractivity contribution in [1.82, 2.24) is 9.97 Å². The van der Waals surface area contributed by atoms with Gasteiger partial charge in [-0.15, -0.1) is 0 Å². The second kappa shape index (κ2) is 8.70. The molecule has 0 spiro atoms. The molecule has 12 heteroatoms. The summed E-state index contributed by atoms with van der Waals surface area (Å²) in [6.45, 7) is -0.352. The third-order valence-electron chi connectivity index (χ3n) is 3.28. The second-order valence-electron chi connectivity index (χ2n) is 5.16. The Bertz CT molecular complexity index is 922. The summed E-state index contributed by atoms with van der Waals surface area (Å²) < 4.78 is 61.5. The standard InChI is InChI=1S/C16H10Cl2F4N2O4/c1-27-11(25)2-3-28-15(26)13-9(18)5-10(19)14(24-13)12-8(17)4-7(6-23-12)16(20,21)22/h4-6H,2-3H2,1H3. The number of methoxy groups -OCH3 is 1. The van der Waals surface area contributed by atoms with Gasteiger partial charge in [-0.1, -0.05) is 23.2 Å². The molecule has 0 atom stereocenters. The van der Waals surface area contributed by atoms with Gasteiger partial charge in [-0.05, 0) is 12.1 Å². The van der Waals surface area contributed by atoms with Crippen LogP contribution < -0.4 is 0 Å². The smallest absolute Gasteiger partial charge is 0.417 e. The van der Waals surface area contributed by atoms with E-state index in [4.69, 9.17) is 27.9 Å². The summed E-state index contributed by atoms with van der Waals surface area (Å²) in [5.41, 5.74) is -2.69. The molecule has 0 bridgehead atoms. The average Bonchev–Trinajstić information content (AvgIpc) is 2.61. The molecule has 0 amide bonds. The number of alkyl halides is 3. The van der Waals surface area contributed by atoms with Crippen molar-refractivity contribution in [2.24, 2.45) is 0 Å². The second-order valence-corrected chi connectivity index (χ2v) is 5.98. The summed E-state index contributed by atoms with van der Waals surface area (Å²) >= 11 is 11.6. The summed E-state index contributed by atoms with van der Waals surface area (Å²) in [4.78, 5) is 30.2. The van der Waals surface area contributed by atoms with Crippen molar-refractivity contribution >= 4 is 35.1 Å². The summed E-state index contributed by atoms with van der Waals surface area (Å²) in [7, 11) is 1.15. The Morgan fingerprint density at radius 1 is 1.14 bits per heavy atom. The molecule has 0 aliphatic heterocycles. The first kappa shape index (κ1) is 21.8. The van der Waals surface area contributed by atoms with Gasteiger partial charge in [0.05, 0.1) is 29.1 Å². The fourth-order valence-corrected chi connectivity index (χ4v) is 2.41. The number of esters is 2. The number of halogens is 6. The molecule has 0 unspecified atom stereocenters. The molecule has 0 fully saturated rings. The first-order chi connectivity index (χ1) is 13.0. The number of rotatable bonds is 5. The van der Waals surface area contributed by atoms with Gasteiger partial charge in [0.2, 0.25) is 0 Å². The fourth-order valence-electron chi connectivity index (χ4n) is 1.94. The Labute approximate surface area is 165 Å². The third kappa shape index (κ3) is 5.08. The molecule has 0 aromatic carbocycles. The molecule has 0 saturated heterocycles. The lowest BCUT2D eigenvalue weighted by Gasteiger charge is -2.11. The van der Waals surface area contributed by atoms with Gasteiger partial charge in [0.15, 0.2) is 11.5 Å². The number of nitrogens with zero attached hydrogens (tertiary/aromatic N) is 2. The molecule has 0 N–H and O–H groups in total. The minimum Gasteiger partial charge on any atom is -0.469 e. The van der Waals surface area contributed by atoms with Crippen LogP contribution in [0.5, 0.6) is 0 Å². The first-order valence-corrected chi connectivity index (χ1v) is 8.13. The van der Waals surface area contributed by atoms with Crippen molar-refractivity contribution in [3.63, 3.8) is 0 Å². The van der Waals surface area contributed by atoms with Crippen LogP contribution >= 0.6 is 23.2 Å². The highest BCUT2D eigenvalue weighted by Crippen LogP contribution is 2.35. The van der Waals surface area contributed by atoms with E-state index in [-0.39, 0.29) is 13.0 Å². The predicted molar refractivity (Wildman–Crippen MR) is 89.4 cm³/mol. The van der Waals surface area contributed by atoms with Crippen LogP contribution in [-0.4, -0.2) is 35.6 Å². The zero-order valence-corrected chi connectivity index (χ0v) is 15.5. The van der Waals surface area contributed by atoms with Gasteiger partial charge in [0.25, 0.3) is 0 Å². The summed E-state index contributed by atoms with van der Waals surface area (Å²) in [6, 6.07) is 1.27. The van der Waals surface area contributed by atoms with Crippen molar-refractivity contribution in [1.29, 1.82) is 0 Å². The molecular formula is C16H10Cl2F4N2O4. The lowest BCUT2D eigenvalue weighted by Crippen LogP contribution is -2.13. The topological polar surface area (TPSA) is 78.4 Å². The number of carbonyl (C=O) groups is 2. The SMILES string of the molecule is COC(=O)CCOC(=O)c1nc(-c2ncc(C(F)(F)F)cc2Cl)c(F)cc1Cl. The maximum atomic E-state index is 14.2. The summed E-state index contributed by atoms with van der Waals surface area (Å²) in [5.74, 6) is -2.78. The largest absolute Gasteiger partial charge is 0.469 e. The Morgan fingerprint density at radius 2 is 1.82 bits per heavy atom. The van der Waals surface area contributed by atoms with Gasteiger partial charge in [-0.2, -0.15) is 13.2 Å². The van der Waals surface area contributed by atoms with Gasteiger partial charge in [-0.3, -0.25) is 9.78 Å². The lowest BCUT2D eigenvalue weighted by molar-refractivity contribution is -0.141. The molecule has 2 aromatic heterocycles. The molecular weight excluding hydrogens is 431 g/mol. The highest BCUT2D eigenvalue weighted by molar-refractivity contribution is 6.34. The number of carbonyl (C=O) groups excluding carboxylic acids is 2. The minimum absolute atomic E-state index is 0.236. The molecule has 0 aliphatic rings. The molecule has 0 radical (unpaired) electrons. The van der Waals surface area contributed by atoms with E-state index >= 15 is 0 Å². The number of aromatic nitrogens is 2. The van der Waals surface area contributed by atoms with Crippen molar-refractivity contribution < 1.29 is 36.6 Å². The summed E-state index contributed by atoms with van der Waals surface area (Å²) in [5, 5.41) is -0.944. The fraction of sp³-hybridized carbons (Fsp3) is 0.250. The van der Waals surface area contributed by atoms with Gasteiger partial charge < -0.3 is 9.47 Å². The van der Waals surface area contributed by atoms with E-state index in [1.54, 1.807) is 0 Å². The van der Waals surface area contributed by atoms with E-state index in [9.17, 15) is 27.2 Å². The van der Waals surface area contributed by atoms with Crippen LogP contribution in [-0.2, 0) is 20.4 Å². The molecule has 0 saturated carbocycles. The Hall–Kier alpha value is -2.46. The van der Waals surface area contributed by atoms with E-state index in [0.29, 0.717) is 12.3 Å². The molecule has 0 aliphatic carbocycles. The summed E-state index contributed by atoms with van der Waals surface area (Å²) in [6.07, 6.45) is -4.48. The van der Waals surface area contributed by atoms with Crippen LogP contribution in [0.3, 0.4) is 0 Å². The van der Waals surface area contributed by atoms with Gasteiger partial charge >= 0.3 is 18.1 Å². The van der Waals surface area contributed by atoms with Crippen LogP contribution in [0.4, 0.5) is 17.6 Å². The molecule has 28 heavy (non-hydrogen) atoms. The van der Waals surface area contributed by atoms with Crippen molar-refractivity contribution in [2.45, 2.75) is 12.6 Å². The zero-order chi connectivity index (χ0) is 21.1. The highest BCUT2D eigenvalue weighted by atomic mass is 35.5. The first-order valence-electron chi connectivity index (χ1n) is 7.37. The molecule has 6 nitrogen and oxygen atoms in total. The molecule has 2 aromatic rings. The maximum absolute atomic E-state index is 14.2. The van der Waals surface area contributed by atoms with Crippen molar-refractivity contribution in [2.75, 3.05) is 13.7 Å². The van der Waals surface area contributed by atoms with E-state index in [1.165, 1.54) is 0 Å². The Balaban J connectivity index is 2.35. The highest BCUT2D eigenvalue weighted by Gasteiger charge is 2.32. The van der Waals surface area contributed by atoms with Gasteiger partial charge in [-0.25, -0.2) is 14.2 Å². The van der Waals surface area contributed by atoms with E-state index in [2.05, 4.69) is 14.7 Å². The van der Waals surface area contributed by atoms with Crippen LogP contribution in [0.25, 0.3) is 11.4 Å². The average molecular weight is 441 g/mol. The number of ether oxygens (including phenoxy) is 2. The number of hydrogen-bond acceptors (Lipinski definition) is 6. The maximum Gasteiger partial charge on any atom is 0.417 e. The molecule has 150 valence electrons. The van der Waals surface area contributed by atoms with Crippen LogP contribution in [0.2, 0.25) is 10.0 Å². The van der Waals surface area contributed by atoms with Crippen LogP contribution in [0.15, 0.2) is 18.3 Å². The zero-order valence-electron chi connectivity index (χ0n) is 13.9. The lowest BCUT2D eigenvalue weighted by atomic mass is 10.2. The van der Waals surface area contributed by atoms with Crippen molar-refractivity contribution in [3.8, 4) is 11.4 Å². The number of hydrogen-bond donors (Lipinski definition) is 0.